The minimum Gasteiger partial charge on any atom is -0.456 e. The predicted molar refractivity (Wildman–Crippen MR) is 233 cm³/mol. The Labute approximate surface area is 328 Å². The van der Waals surface area contributed by atoms with Crippen LogP contribution in [0.4, 0.5) is 17.1 Å². The third-order valence-electron chi connectivity index (χ3n) is 12.0. The zero-order valence-electron chi connectivity index (χ0n) is 31.4. The van der Waals surface area contributed by atoms with E-state index in [4.69, 9.17) is 13.8 Å². The van der Waals surface area contributed by atoms with Crippen molar-refractivity contribution in [1.82, 2.24) is 9.55 Å². The highest BCUT2D eigenvalue weighted by molar-refractivity contribution is 6.14. The van der Waals surface area contributed by atoms with Crippen LogP contribution >= 0.6 is 0 Å². The number of nitrogens with zero attached hydrogens (tertiary/aromatic N) is 3. The Balaban J connectivity index is 1.08. The summed E-state index contributed by atoms with van der Waals surface area (Å²) in [4.78, 5) is 7.39. The van der Waals surface area contributed by atoms with E-state index in [1.807, 2.05) is 42.5 Å². The van der Waals surface area contributed by atoms with Gasteiger partial charge in [-0.05, 0) is 113 Å². The van der Waals surface area contributed by atoms with Crippen LogP contribution in [0.1, 0.15) is 25.0 Å². The summed E-state index contributed by atoms with van der Waals surface area (Å²) in [6, 6.07) is 62.5. The maximum Gasteiger partial charge on any atom is 0.227 e. The Hall–Kier alpha value is -7.37. The Morgan fingerprint density at radius 1 is 0.439 bits per heavy atom. The standard InChI is InChI=1S/C52H35N3O2/c1-52(2)41-18-10-11-19-45(41)54(35-15-7-4-8-16-35)46-25-22-34(28-42(46)52)33-21-24-44-38(27-33)39-30-50-43(53-51(57-50)32-13-5-3-6-14-32)31-47(39)55(44)36-23-26-49-40(29-36)37-17-9-12-20-48(37)56-49/h3-31H,1-2H3. The average molecular weight is 734 g/mol. The molecular weight excluding hydrogens is 699 g/mol. The monoisotopic (exact) mass is 733 g/mol. The van der Waals surface area contributed by atoms with Gasteiger partial charge in [0.25, 0.3) is 0 Å². The number of anilines is 3. The first-order chi connectivity index (χ1) is 28.0. The van der Waals surface area contributed by atoms with Crippen LogP contribution < -0.4 is 4.90 Å². The van der Waals surface area contributed by atoms with E-state index in [9.17, 15) is 0 Å². The SMILES string of the molecule is CC1(C)c2ccccc2N(c2ccccc2)c2ccc(-c3ccc4c(c3)c3cc5oc(-c6ccccc6)nc5cc3n4-c3ccc4oc5ccccc5c4c3)cc21. The molecule has 5 nitrogen and oxygen atoms in total. The second-order valence-corrected chi connectivity index (χ2v) is 15.6. The molecule has 0 amide bonds. The molecule has 0 bridgehead atoms. The van der Waals surface area contributed by atoms with Crippen LogP contribution in [0.25, 0.3) is 83.1 Å². The van der Waals surface area contributed by atoms with Gasteiger partial charge >= 0.3 is 0 Å². The van der Waals surface area contributed by atoms with E-state index >= 15 is 0 Å². The van der Waals surface area contributed by atoms with Crippen LogP contribution in [0.3, 0.4) is 0 Å². The number of aromatic nitrogens is 2. The van der Waals surface area contributed by atoms with E-state index in [2.05, 4.69) is 157 Å². The third-order valence-corrected chi connectivity index (χ3v) is 12.0. The molecule has 0 aliphatic carbocycles. The van der Waals surface area contributed by atoms with Crippen LogP contribution in [-0.4, -0.2) is 9.55 Å². The second kappa shape index (κ2) is 11.8. The van der Waals surface area contributed by atoms with Crippen LogP contribution in [-0.2, 0) is 5.41 Å². The molecule has 1 aliphatic rings. The molecule has 0 unspecified atom stereocenters. The number of benzene rings is 8. The number of para-hydroxylation sites is 3. The van der Waals surface area contributed by atoms with Crippen molar-refractivity contribution in [3.8, 4) is 28.3 Å². The summed E-state index contributed by atoms with van der Waals surface area (Å²) in [7, 11) is 0. The van der Waals surface area contributed by atoms with E-state index < -0.39 is 0 Å². The molecule has 4 heterocycles. The van der Waals surface area contributed by atoms with Crippen LogP contribution in [0.5, 0.6) is 0 Å². The number of fused-ring (bicyclic) bond motifs is 9. The molecule has 8 aromatic carbocycles. The maximum atomic E-state index is 6.46. The zero-order chi connectivity index (χ0) is 37.8. The van der Waals surface area contributed by atoms with E-state index in [1.54, 1.807) is 0 Å². The van der Waals surface area contributed by atoms with Gasteiger partial charge in [0.2, 0.25) is 5.89 Å². The smallest absolute Gasteiger partial charge is 0.227 e. The lowest BCUT2D eigenvalue weighted by atomic mass is 9.73. The second-order valence-electron chi connectivity index (χ2n) is 15.6. The minimum absolute atomic E-state index is 0.211. The fraction of sp³-hybridized carbons (Fsp3) is 0.0577. The lowest BCUT2D eigenvalue weighted by Gasteiger charge is -2.42. The van der Waals surface area contributed by atoms with Crippen molar-refractivity contribution in [2.75, 3.05) is 4.90 Å². The summed E-state index contributed by atoms with van der Waals surface area (Å²) >= 11 is 0. The summed E-state index contributed by atoms with van der Waals surface area (Å²) in [5, 5.41) is 4.45. The van der Waals surface area contributed by atoms with Crippen molar-refractivity contribution >= 4 is 71.9 Å². The van der Waals surface area contributed by atoms with Crippen molar-refractivity contribution in [2.45, 2.75) is 19.3 Å². The van der Waals surface area contributed by atoms with Gasteiger partial charge in [-0.2, -0.15) is 0 Å². The predicted octanol–water partition coefficient (Wildman–Crippen LogP) is 14.3. The summed E-state index contributed by atoms with van der Waals surface area (Å²) in [6.45, 7) is 4.69. The Morgan fingerprint density at radius 3 is 2.02 bits per heavy atom. The van der Waals surface area contributed by atoms with Gasteiger partial charge in [0.15, 0.2) is 5.58 Å². The van der Waals surface area contributed by atoms with Crippen LogP contribution in [0.15, 0.2) is 185 Å². The largest absolute Gasteiger partial charge is 0.456 e. The first-order valence-corrected chi connectivity index (χ1v) is 19.5. The highest BCUT2D eigenvalue weighted by Gasteiger charge is 2.37. The molecule has 0 fully saturated rings. The van der Waals surface area contributed by atoms with E-state index in [0.29, 0.717) is 5.89 Å². The average Bonchev–Trinajstić information content (AvgIpc) is 3.94. The van der Waals surface area contributed by atoms with Crippen molar-refractivity contribution in [1.29, 1.82) is 0 Å². The molecule has 0 N–H and O–H groups in total. The third kappa shape index (κ3) is 4.72. The molecule has 0 radical (unpaired) electrons. The fourth-order valence-corrected chi connectivity index (χ4v) is 9.19. The first-order valence-electron chi connectivity index (χ1n) is 19.5. The molecule has 0 saturated heterocycles. The molecular formula is C52H35N3O2. The minimum atomic E-state index is -0.211. The molecule has 0 saturated carbocycles. The fourth-order valence-electron chi connectivity index (χ4n) is 9.19. The molecule has 11 aromatic rings. The number of hydrogen-bond acceptors (Lipinski definition) is 4. The topological polar surface area (TPSA) is 47.3 Å². The Kier molecular flexibility index (Phi) is 6.62. The molecule has 0 atom stereocenters. The molecule has 5 heteroatoms. The van der Waals surface area contributed by atoms with E-state index in [-0.39, 0.29) is 5.41 Å². The van der Waals surface area contributed by atoms with Crippen molar-refractivity contribution < 1.29 is 8.83 Å². The number of furan rings is 1. The zero-order valence-corrected chi connectivity index (χ0v) is 31.4. The summed E-state index contributed by atoms with van der Waals surface area (Å²) in [5.41, 5.74) is 15.8. The van der Waals surface area contributed by atoms with E-state index in [1.165, 1.54) is 28.1 Å². The van der Waals surface area contributed by atoms with Gasteiger partial charge in [0, 0.05) is 43.9 Å². The first kappa shape index (κ1) is 31.9. The summed E-state index contributed by atoms with van der Waals surface area (Å²) < 4.78 is 15.1. The number of oxazole rings is 1. The van der Waals surface area contributed by atoms with Gasteiger partial charge in [-0.15, -0.1) is 0 Å². The maximum absolute atomic E-state index is 6.46. The van der Waals surface area contributed by atoms with Gasteiger partial charge < -0.3 is 18.3 Å². The molecule has 270 valence electrons. The quantitative estimate of drug-likeness (QED) is 0.181. The Bertz CT molecular complexity index is 3390. The molecule has 3 aromatic heterocycles. The van der Waals surface area contributed by atoms with Gasteiger partial charge in [-0.25, -0.2) is 4.98 Å². The lowest BCUT2D eigenvalue weighted by molar-refractivity contribution is 0.620. The highest BCUT2D eigenvalue weighted by Crippen LogP contribution is 2.52. The molecule has 0 spiro atoms. The van der Waals surface area contributed by atoms with Crippen molar-refractivity contribution in [3.63, 3.8) is 0 Å². The summed E-state index contributed by atoms with van der Waals surface area (Å²) in [6.07, 6.45) is 0. The molecule has 1 aliphatic heterocycles. The van der Waals surface area contributed by atoms with Gasteiger partial charge in [0.05, 0.1) is 22.4 Å². The number of hydrogen-bond donors (Lipinski definition) is 0. The van der Waals surface area contributed by atoms with Gasteiger partial charge in [0.1, 0.15) is 16.7 Å². The molecule has 12 rings (SSSR count). The highest BCUT2D eigenvalue weighted by atomic mass is 16.3. The van der Waals surface area contributed by atoms with Crippen molar-refractivity contribution in [2.24, 2.45) is 0 Å². The van der Waals surface area contributed by atoms with Crippen LogP contribution in [0, 0.1) is 0 Å². The van der Waals surface area contributed by atoms with Gasteiger partial charge in [-0.3, -0.25) is 0 Å². The Morgan fingerprint density at radius 2 is 1.14 bits per heavy atom. The number of rotatable bonds is 4. The normalized spacial score (nSPS) is 13.5. The van der Waals surface area contributed by atoms with Crippen LogP contribution in [0.2, 0.25) is 0 Å². The van der Waals surface area contributed by atoms with E-state index in [0.717, 1.165) is 77.3 Å². The lowest BCUT2D eigenvalue weighted by Crippen LogP contribution is -2.30. The van der Waals surface area contributed by atoms with Crippen molar-refractivity contribution in [3.05, 3.63) is 187 Å². The molecule has 57 heavy (non-hydrogen) atoms. The van der Waals surface area contributed by atoms with Gasteiger partial charge in [-0.1, -0.05) is 98.8 Å². The summed E-state index contributed by atoms with van der Waals surface area (Å²) in [5.74, 6) is 0.615.